The summed E-state index contributed by atoms with van der Waals surface area (Å²) in [5, 5.41) is 3.22. The molecule has 2 aromatic heterocycles. The quantitative estimate of drug-likeness (QED) is 0.652. The normalized spacial score (nSPS) is 14.2. The molecule has 30 heavy (non-hydrogen) atoms. The minimum Gasteiger partial charge on any atom is -0.473 e. The van der Waals surface area contributed by atoms with E-state index in [1.54, 1.807) is 35.5 Å². The Balaban J connectivity index is 1.29. The fraction of sp³-hybridized carbons (Fsp3) is 0.238. The number of piperidine rings is 1. The van der Waals surface area contributed by atoms with E-state index >= 15 is 0 Å². The first-order valence-electron chi connectivity index (χ1n) is 9.54. The van der Waals surface area contributed by atoms with E-state index in [1.165, 1.54) is 12.4 Å². The molecular weight excluding hydrogens is 406 g/mol. The van der Waals surface area contributed by atoms with E-state index in [0.29, 0.717) is 54.2 Å². The van der Waals surface area contributed by atoms with Crippen molar-refractivity contribution in [1.82, 2.24) is 19.9 Å². The highest BCUT2D eigenvalue weighted by Crippen LogP contribution is 2.24. The average Bonchev–Trinajstić information content (AvgIpc) is 2.75. The predicted octanol–water partition coefficient (Wildman–Crippen LogP) is 4.39. The van der Waals surface area contributed by atoms with Crippen LogP contribution in [0, 0.1) is 0 Å². The standard InChI is InChI=1S/C21H20ClN5O3/c22-19-13-24-14-20(26-19)30-17-6-10-27(11-7-17)21(28)25-15-2-1-3-18(12-15)29-16-4-8-23-9-5-16/h1-5,8-9,12-14,17H,6-7,10-11H2,(H,25,28). The number of urea groups is 1. The monoisotopic (exact) mass is 425 g/mol. The topological polar surface area (TPSA) is 89.5 Å². The molecule has 1 saturated heterocycles. The van der Waals surface area contributed by atoms with Crippen LogP contribution in [0.15, 0.2) is 61.2 Å². The van der Waals surface area contributed by atoms with Crippen LogP contribution in [0.5, 0.6) is 17.4 Å². The lowest BCUT2D eigenvalue weighted by Gasteiger charge is -2.31. The largest absolute Gasteiger partial charge is 0.473 e. The number of pyridine rings is 1. The first-order valence-corrected chi connectivity index (χ1v) is 9.91. The lowest BCUT2D eigenvalue weighted by molar-refractivity contribution is 0.111. The zero-order valence-corrected chi connectivity index (χ0v) is 16.8. The molecule has 1 aliphatic heterocycles. The summed E-state index contributed by atoms with van der Waals surface area (Å²) in [6.45, 7) is 1.16. The summed E-state index contributed by atoms with van der Waals surface area (Å²) in [5.41, 5.74) is 0.666. The second-order valence-corrected chi connectivity index (χ2v) is 7.11. The van der Waals surface area contributed by atoms with Gasteiger partial charge in [-0.2, -0.15) is 4.98 Å². The molecule has 1 fully saturated rings. The summed E-state index contributed by atoms with van der Waals surface area (Å²) >= 11 is 5.83. The number of hydrogen-bond acceptors (Lipinski definition) is 6. The predicted molar refractivity (Wildman–Crippen MR) is 112 cm³/mol. The van der Waals surface area contributed by atoms with Gasteiger partial charge < -0.3 is 19.7 Å². The molecule has 1 aliphatic rings. The van der Waals surface area contributed by atoms with Crippen molar-refractivity contribution in [3.05, 3.63) is 66.3 Å². The van der Waals surface area contributed by atoms with Gasteiger partial charge in [-0.1, -0.05) is 17.7 Å². The third-order valence-corrected chi connectivity index (χ3v) is 4.75. The fourth-order valence-corrected chi connectivity index (χ4v) is 3.25. The molecule has 2 amide bonds. The van der Waals surface area contributed by atoms with Gasteiger partial charge in [0.15, 0.2) is 5.15 Å². The van der Waals surface area contributed by atoms with E-state index in [0.717, 1.165) is 0 Å². The molecule has 9 heteroatoms. The lowest BCUT2D eigenvalue weighted by atomic mass is 10.1. The number of carbonyl (C=O) groups excluding carboxylic acids is 1. The van der Waals surface area contributed by atoms with Crippen molar-refractivity contribution in [1.29, 1.82) is 0 Å². The van der Waals surface area contributed by atoms with Crippen molar-refractivity contribution < 1.29 is 14.3 Å². The molecule has 1 aromatic carbocycles. The van der Waals surface area contributed by atoms with Gasteiger partial charge >= 0.3 is 6.03 Å². The van der Waals surface area contributed by atoms with Gasteiger partial charge in [0.05, 0.1) is 12.4 Å². The van der Waals surface area contributed by atoms with Gasteiger partial charge in [-0.25, -0.2) is 4.79 Å². The van der Waals surface area contributed by atoms with E-state index < -0.39 is 0 Å². The van der Waals surface area contributed by atoms with E-state index in [2.05, 4.69) is 20.3 Å². The molecule has 3 heterocycles. The summed E-state index contributed by atoms with van der Waals surface area (Å²) in [5.74, 6) is 1.71. The van der Waals surface area contributed by atoms with E-state index in [-0.39, 0.29) is 12.1 Å². The third-order valence-electron chi connectivity index (χ3n) is 4.57. The average molecular weight is 426 g/mol. The molecule has 0 bridgehead atoms. The van der Waals surface area contributed by atoms with Crippen LogP contribution < -0.4 is 14.8 Å². The minimum absolute atomic E-state index is 0.0288. The summed E-state index contributed by atoms with van der Waals surface area (Å²) in [6.07, 6.45) is 7.68. The third kappa shape index (κ3) is 5.36. The number of hydrogen-bond donors (Lipinski definition) is 1. The van der Waals surface area contributed by atoms with Gasteiger partial charge in [0.1, 0.15) is 17.6 Å². The molecule has 0 atom stereocenters. The highest BCUT2D eigenvalue weighted by atomic mass is 35.5. The van der Waals surface area contributed by atoms with Crippen LogP contribution in [0.25, 0.3) is 0 Å². The second-order valence-electron chi connectivity index (χ2n) is 6.73. The van der Waals surface area contributed by atoms with Crippen molar-refractivity contribution in [3.8, 4) is 17.4 Å². The maximum atomic E-state index is 12.6. The first kappa shape index (κ1) is 19.9. The SMILES string of the molecule is O=C(Nc1cccc(Oc2ccncc2)c1)N1CCC(Oc2cncc(Cl)n2)CC1. The Morgan fingerprint density at radius 2 is 1.87 bits per heavy atom. The van der Waals surface area contributed by atoms with Gasteiger partial charge in [-0.15, -0.1) is 0 Å². The number of aromatic nitrogens is 3. The van der Waals surface area contributed by atoms with Crippen LogP contribution >= 0.6 is 11.6 Å². The Kier molecular flexibility index (Phi) is 6.24. The molecule has 3 aromatic rings. The van der Waals surface area contributed by atoms with Crippen LogP contribution in [-0.4, -0.2) is 45.1 Å². The Bertz CT molecular complexity index is 997. The van der Waals surface area contributed by atoms with Crippen LogP contribution in [0.4, 0.5) is 10.5 Å². The zero-order valence-electron chi connectivity index (χ0n) is 16.1. The number of nitrogens with one attached hydrogen (secondary N) is 1. The maximum Gasteiger partial charge on any atom is 0.321 e. The molecule has 8 nitrogen and oxygen atoms in total. The Labute approximate surface area is 178 Å². The summed E-state index contributed by atoms with van der Waals surface area (Å²) in [7, 11) is 0. The van der Waals surface area contributed by atoms with Gasteiger partial charge in [-0.05, 0) is 24.3 Å². The van der Waals surface area contributed by atoms with Gasteiger partial charge in [-0.3, -0.25) is 9.97 Å². The molecular formula is C21H20ClN5O3. The minimum atomic E-state index is -0.156. The Hall–Kier alpha value is -3.39. The van der Waals surface area contributed by atoms with E-state index in [4.69, 9.17) is 21.1 Å². The van der Waals surface area contributed by atoms with E-state index in [9.17, 15) is 4.79 Å². The number of nitrogens with zero attached hydrogens (tertiary/aromatic N) is 4. The van der Waals surface area contributed by atoms with Crippen LogP contribution in [0.3, 0.4) is 0 Å². The van der Waals surface area contributed by atoms with Gasteiger partial charge in [0, 0.05) is 50.1 Å². The van der Waals surface area contributed by atoms with Crippen molar-refractivity contribution >= 4 is 23.3 Å². The number of halogens is 1. The number of amides is 2. The van der Waals surface area contributed by atoms with Gasteiger partial charge in [0.25, 0.3) is 0 Å². The van der Waals surface area contributed by atoms with Crippen LogP contribution in [0.1, 0.15) is 12.8 Å². The van der Waals surface area contributed by atoms with Crippen molar-refractivity contribution in [3.63, 3.8) is 0 Å². The smallest absolute Gasteiger partial charge is 0.321 e. The molecule has 0 aliphatic carbocycles. The first-order chi connectivity index (χ1) is 14.7. The summed E-state index contributed by atoms with van der Waals surface area (Å²) < 4.78 is 11.6. The highest BCUT2D eigenvalue weighted by molar-refractivity contribution is 6.29. The molecule has 4 rings (SSSR count). The van der Waals surface area contributed by atoms with Crippen molar-refractivity contribution in [2.24, 2.45) is 0 Å². The number of carbonyl (C=O) groups is 1. The maximum absolute atomic E-state index is 12.6. The number of ether oxygens (including phenoxy) is 2. The van der Waals surface area contributed by atoms with Crippen molar-refractivity contribution in [2.45, 2.75) is 18.9 Å². The molecule has 154 valence electrons. The molecule has 0 radical (unpaired) electrons. The number of rotatable bonds is 5. The summed E-state index contributed by atoms with van der Waals surface area (Å²) in [6, 6.07) is 10.7. The molecule has 0 saturated carbocycles. The summed E-state index contributed by atoms with van der Waals surface area (Å²) in [4.78, 5) is 26.4. The van der Waals surface area contributed by atoms with Crippen molar-refractivity contribution in [2.75, 3.05) is 18.4 Å². The second kappa shape index (κ2) is 9.41. The lowest BCUT2D eigenvalue weighted by Crippen LogP contribution is -2.43. The Morgan fingerprint density at radius 1 is 1.07 bits per heavy atom. The molecule has 0 unspecified atom stereocenters. The number of likely N-dealkylation sites (tertiary alicyclic amines) is 1. The number of anilines is 1. The van der Waals surface area contributed by atoms with Crippen LogP contribution in [0.2, 0.25) is 5.15 Å². The highest BCUT2D eigenvalue weighted by Gasteiger charge is 2.24. The molecule has 0 spiro atoms. The van der Waals surface area contributed by atoms with Crippen LogP contribution in [-0.2, 0) is 0 Å². The molecule has 1 N–H and O–H groups in total. The van der Waals surface area contributed by atoms with E-state index in [1.807, 2.05) is 18.2 Å². The Morgan fingerprint density at radius 3 is 2.63 bits per heavy atom. The fourth-order valence-electron chi connectivity index (χ4n) is 3.11. The number of benzene rings is 1. The van der Waals surface area contributed by atoms with Gasteiger partial charge in [0.2, 0.25) is 5.88 Å². The zero-order chi connectivity index (χ0) is 20.8.